The summed E-state index contributed by atoms with van der Waals surface area (Å²) in [4.78, 5) is 35.6. The van der Waals surface area contributed by atoms with Crippen molar-refractivity contribution in [1.29, 1.82) is 0 Å². The first-order valence-corrected chi connectivity index (χ1v) is 10.3. The van der Waals surface area contributed by atoms with Crippen LogP contribution < -0.4 is 16.4 Å². The summed E-state index contributed by atoms with van der Waals surface area (Å²) in [5.41, 5.74) is 6.09. The molecule has 136 valence electrons. The molecule has 26 heavy (non-hydrogen) atoms. The molecule has 1 fully saturated rings. The molecule has 2 aromatic rings. The number of pyridine rings is 1. The lowest BCUT2D eigenvalue weighted by Gasteiger charge is -2.21. The number of carbonyl (C=O) groups excluding carboxylic acids is 2. The number of amides is 2. The van der Waals surface area contributed by atoms with Crippen LogP contribution in [0, 0.1) is 0 Å². The molecule has 0 bridgehead atoms. The highest BCUT2D eigenvalue weighted by Gasteiger charge is 2.17. The van der Waals surface area contributed by atoms with Gasteiger partial charge in [-0.2, -0.15) is 0 Å². The molecule has 1 aliphatic rings. The summed E-state index contributed by atoms with van der Waals surface area (Å²) < 4.78 is 1.68. The van der Waals surface area contributed by atoms with Crippen LogP contribution in [0.25, 0.3) is 0 Å². The fourth-order valence-corrected chi connectivity index (χ4v) is 5.35. The van der Waals surface area contributed by atoms with Gasteiger partial charge >= 0.3 is 0 Å². The van der Waals surface area contributed by atoms with E-state index in [0.717, 1.165) is 11.5 Å². The third kappa shape index (κ3) is 4.92. The van der Waals surface area contributed by atoms with E-state index in [0.29, 0.717) is 10.1 Å². The number of carbonyl (C=O) groups is 2. The molecule has 8 heteroatoms. The fourth-order valence-electron chi connectivity index (χ4n) is 2.46. The summed E-state index contributed by atoms with van der Waals surface area (Å²) >= 11 is 3.85. The van der Waals surface area contributed by atoms with Crippen LogP contribution in [-0.2, 0) is 11.3 Å². The highest BCUT2D eigenvalue weighted by molar-refractivity contribution is 8.16. The molecule has 2 heterocycles. The van der Waals surface area contributed by atoms with Crippen LogP contribution >= 0.6 is 23.5 Å². The first-order valence-electron chi connectivity index (χ1n) is 8.21. The summed E-state index contributed by atoms with van der Waals surface area (Å²) in [7, 11) is 0. The van der Waals surface area contributed by atoms with Crippen LogP contribution in [0.5, 0.6) is 0 Å². The zero-order chi connectivity index (χ0) is 18.4. The van der Waals surface area contributed by atoms with Crippen molar-refractivity contribution in [3.8, 4) is 0 Å². The minimum absolute atomic E-state index is 0.158. The van der Waals surface area contributed by atoms with E-state index in [1.54, 1.807) is 24.3 Å². The van der Waals surface area contributed by atoms with Gasteiger partial charge in [0.05, 0.1) is 4.58 Å². The van der Waals surface area contributed by atoms with Crippen molar-refractivity contribution < 1.29 is 9.59 Å². The Balaban J connectivity index is 1.52. The number of hydrogen-bond donors (Lipinski definition) is 2. The van der Waals surface area contributed by atoms with Gasteiger partial charge in [-0.3, -0.25) is 25.2 Å². The first-order chi connectivity index (χ1) is 12.6. The third-order valence-electron chi connectivity index (χ3n) is 3.80. The van der Waals surface area contributed by atoms with E-state index in [-0.39, 0.29) is 12.1 Å². The van der Waals surface area contributed by atoms with E-state index in [9.17, 15) is 14.4 Å². The first kappa shape index (κ1) is 18.6. The van der Waals surface area contributed by atoms with Crippen LogP contribution in [0.15, 0.2) is 53.5 Å². The molecule has 0 saturated carbocycles. The molecule has 0 radical (unpaired) electrons. The standard InChI is InChI=1S/C18H19N3O3S2/c22-15(12-21-9-2-1-4-16(21)23)19-20-17(24)13-5-7-14(8-6-13)18-25-10-3-11-26-18/h1-2,4-9,18H,3,10-12H2,(H,19,22)(H,20,24). The van der Waals surface area contributed by atoms with Gasteiger partial charge in [-0.25, -0.2) is 0 Å². The van der Waals surface area contributed by atoms with Crippen molar-refractivity contribution in [2.45, 2.75) is 17.5 Å². The van der Waals surface area contributed by atoms with Gasteiger partial charge in [-0.05, 0) is 41.7 Å². The van der Waals surface area contributed by atoms with Gasteiger partial charge in [0.1, 0.15) is 6.54 Å². The number of hydrogen-bond acceptors (Lipinski definition) is 5. The van der Waals surface area contributed by atoms with E-state index < -0.39 is 11.8 Å². The summed E-state index contributed by atoms with van der Waals surface area (Å²) in [5.74, 6) is 1.46. The number of aromatic nitrogens is 1. The quantitative estimate of drug-likeness (QED) is 0.784. The molecule has 0 aliphatic carbocycles. The van der Waals surface area contributed by atoms with Gasteiger partial charge in [-0.15, -0.1) is 23.5 Å². The third-order valence-corrected chi connectivity index (χ3v) is 6.82. The lowest BCUT2D eigenvalue weighted by Crippen LogP contribution is -2.44. The molecule has 1 aliphatic heterocycles. The van der Waals surface area contributed by atoms with Gasteiger partial charge in [0.25, 0.3) is 17.4 Å². The number of rotatable bonds is 4. The summed E-state index contributed by atoms with van der Waals surface area (Å²) in [6.45, 7) is -0.158. The predicted molar refractivity (Wildman–Crippen MR) is 105 cm³/mol. The Morgan fingerprint density at radius 1 is 1.04 bits per heavy atom. The maximum absolute atomic E-state index is 12.2. The van der Waals surface area contributed by atoms with Gasteiger partial charge in [0, 0.05) is 17.8 Å². The highest BCUT2D eigenvalue weighted by Crippen LogP contribution is 2.43. The second-order valence-electron chi connectivity index (χ2n) is 5.72. The largest absolute Gasteiger partial charge is 0.306 e. The maximum Gasteiger partial charge on any atom is 0.269 e. The van der Waals surface area contributed by atoms with Crippen molar-refractivity contribution in [3.05, 3.63) is 70.1 Å². The SMILES string of the molecule is O=C(Cn1ccccc1=O)NNC(=O)c1ccc(C2SCCCS2)cc1. The van der Waals surface area contributed by atoms with E-state index in [1.165, 1.54) is 28.8 Å². The van der Waals surface area contributed by atoms with E-state index in [2.05, 4.69) is 10.9 Å². The Bertz CT molecular complexity index is 830. The molecule has 0 atom stereocenters. The summed E-state index contributed by atoms with van der Waals surface area (Å²) in [6.07, 6.45) is 2.75. The predicted octanol–water partition coefficient (Wildman–Crippen LogP) is 2.18. The summed E-state index contributed by atoms with van der Waals surface area (Å²) in [6, 6.07) is 12.1. The zero-order valence-electron chi connectivity index (χ0n) is 14.0. The van der Waals surface area contributed by atoms with Crippen LogP contribution in [-0.4, -0.2) is 27.9 Å². The lowest BCUT2D eigenvalue weighted by molar-refractivity contribution is -0.122. The van der Waals surface area contributed by atoms with Gasteiger partial charge in [0.15, 0.2) is 0 Å². The monoisotopic (exact) mass is 389 g/mol. The molecular formula is C18H19N3O3S2. The molecule has 2 amide bonds. The van der Waals surface area contributed by atoms with Crippen LogP contribution in [0.4, 0.5) is 0 Å². The Morgan fingerprint density at radius 2 is 1.77 bits per heavy atom. The molecule has 6 nitrogen and oxygen atoms in total. The average Bonchev–Trinajstić information content (AvgIpc) is 2.69. The van der Waals surface area contributed by atoms with Crippen LogP contribution in [0.2, 0.25) is 0 Å². The fraction of sp³-hybridized carbons (Fsp3) is 0.278. The zero-order valence-corrected chi connectivity index (χ0v) is 15.6. The Labute approximate surface area is 159 Å². The minimum Gasteiger partial charge on any atom is -0.306 e. The second-order valence-corrected chi connectivity index (χ2v) is 8.44. The Morgan fingerprint density at radius 3 is 2.46 bits per heavy atom. The van der Waals surface area contributed by atoms with Crippen molar-refractivity contribution >= 4 is 35.3 Å². The second kappa shape index (κ2) is 8.95. The number of thioether (sulfide) groups is 2. The van der Waals surface area contributed by atoms with Crippen LogP contribution in [0.3, 0.4) is 0 Å². The Hall–Kier alpha value is -2.19. The number of nitrogens with one attached hydrogen (secondary N) is 2. The maximum atomic E-state index is 12.2. The van der Waals surface area contributed by atoms with E-state index >= 15 is 0 Å². The normalized spacial score (nSPS) is 14.6. The van der Waals surface area contributed by atoms with Crippen molar-refractivity contribution in [2.75, 3.05) is 11.5 Å². The molecule has 0 spiro atoms. The number of nitrogens with zero attached hydrogens (tertiary/aromatic N) is 1. The average molecular weight is 390 g/mol. The van der Waals surface area contributed by atoms with Crippen molar-refractivity contribution in [2.24, 2.45) is 0 Å². The topological polar surface area (TPSA) is 80.2 Å². The van der Waals surface area contributed by atoms with Gasteiger partial charge in [-0.1, -0.05) is 18.2 Å². The van der Waals surface area contributed by atoms with Crippen molar-refractivity contribution in [3.63, 3.8) is 0 Å². The van der Waals surface area contributed by atoms with E-state index in [1.807, 2.05) is 35.7 Å². The number of benzene rings is 1. The Kier molecular flexibility index (Phi) is 6.40. The van der Waals surface area contributed by atoms with Gasteiger partial charge < -0.3 is 4.57 Å². The smallest absolute Gasteiger partial charge is 0.269 e. The number of hydrazine groups is 1. The van der Waals surface area contributed by atoms with E-state index in [4.69, 9.17) is 0 Å². The molecule has 3 rings (SSSR count). The minimum atomic E-state index is -0.474. The molecule has 1 aromatic heterocycles. The van der Waals surface area contributed by atoms with Crippen LogP contribution in [0.1, 0.15) is 26.9 Å². The van der Waals surface area contributed by atoms with Crippen molar-refractivity contribution in [1.82, 2.24) is 15.4 Å². The molecule has 0 unspecified atom stereocenters. The van der Waals surface area contributed by atoms with Gasteiger partial charge in [0.2, 0.25) is 0 Å². The molecule has 1 saturated heterocycles. The summed E-state index contributed by atoms with van der Waals surface area (Å²) in [5, 5.41) is 0. The molecule has 2 N–H and O–H groups in total. The molecule has 1 aromatic carbocycles. The highest BCUT2D eigenvalue weighted by atomic mass is 32.2. The molecular weight excluding hydrogens is 370 g/mol. The lowest BCUT2D eigenvalue weighted by atomic mass is 10.1.